The highest BCUT2D eigenvalue weighted by Crippen LogP contribution is 2.17. The van der Waals surface area contributed by atoms with Crippen LogP contribution in [0.1, 0.15) is 22.3 Å². The van der Waals surface area contributed by atoms with Gasteiger partial charge in [0.25, 0.3) is 0 Å². The Kier molecular flexibility index (Phi) is 8.75. The molecule has 5 heteroatoms. The predicted molar refractivity (Wildman–Crippen MR) is 119 cm³/mol. The van der Waals surface area contributed by atoms with Gasteiger partial charge in [0, 0.05) is 39.9 Å². The lowest BCUT2D eigenvalue weighted by Crippen LogP contribution is -2.36. The van der Waals surface area contributed by atoms with E-state index >= 15 is 0 Å². The smallest absolute Gasteiger partial charge is 0.191 e. The second-order valence-electron chi connectivity index (χ2n) is 6.27. The molecule has 136 valence electrons. The van der Waals surface area contributed by atoms with Crippen LogP contribution in [0.5, 0.6) is 0 Å². The van der Waals surface area contributed by atoms with Gasteiger partial charge in [0.1, 0.15) is 0 Å². The number of aliphatic imine (C=N–C) groups is 1. The first kappa shape index (κ1) is 21.3. The molecule has 2 aromatic rings. The maximum atomic E-state index is 4.30. The fourth-order valence-corrected chi connectivity index (χ4v) is 2.45. The largest absolute Gasteiger partial charge is 0.378 e. The Morgan fingerprint density at radius 1 is 0.960 bits per heavy atom. The van der Waals surface area contributed by atoms with Crippen molar-refractivity contribution in [2.75, 3.05) is 26.0 Å². The van der Waals surface area contributed by atoms with Gasteiger partial charge in [0.15, 0.2) is 5.96 Å². The number of hydrogen-bond acceptors (Lipinski definition) is 2. The molecule has 0 atom stereocenters. The van der Waals surface area contributed by atoms with Crippen molar-refractivity contribution in [1.82, 2.24) is 10.6 Å². The van der Waals surface area contributed by atoms with E-state index in [-0.39, 0.29) is 24.0 Å². The van der Waals surface area contributed by atoms with Crippen LogP contribution in [-0.4, -0.2) is 27.1 Å². The second-order valence-corrected chi connectivity index (χ2v) is 6.27. The average molecular weight is 452 g/mol. The Balaban J connectivity index is 0.00000312. The van der Waals surface area contributed by atoms with Crippen molar-refractivity contribution in [3.8, 4) is 0 Å². The zero-order valence-electron chi connectivity index (χ0n) is 15.8. The number of halogens is 1. The minimum Gasteiger partial charge on any atom is -0.378 e. The summed E-state index contributed by atoms with van der Waals surface area (Å²) >= 11 is 0. The van der Waals surface area contributed by atoms with Crippen molar-refractivity contribution < 1.29 is 0 Å². The normalized spacial score (nSPS) is 10.8. The second kappa shape index (κ2) is 10.3. The Morgan fingerprint density at radius 2 is 1.60 bits per heavy atom. The summed E-state index contributed by atoms with van der Waals surface area (Å²) in [6, 6.07) is 15.1. The molecule has 0 unspecified atom stereocenters. The summed E-state index contributed by atoms with van der Waals surface area (Å²) in [6.07, 6.45) is 0. The molecule has 0 saturated heterocycles. The number of nitrogens with zero attached hydrogens (tertiary/aromatic N) is 2. The number of benzene rings is 2. The maximum absolute atomic E-state index is 4.30. The van der Waals surface area contributed by atoms with E-state index in [4.69, 9.17) is 0 Å². The molecule has 0 spiro atoms. The van der Waals surface area contributed by atoms with Crippen LogP contribution in [0.15, 0.2) is 47.5 Å². The molecule has 0 aliphatic rings. The Bertz CT molecular complexity index is 693. The van der Waals surface area contributed by atoms with E-state index in [1.54, 1.807) is 7.05 Å². The van der Waals surface area contributed by atoms with Gasteiger partial charge in [0.2, 0.25) is 0 Å². The quantitative estimate of drug-likeness (QED) is 0.411. The van der Waals surface area contributed by atoms with Crippen LogP contribution in [0.2, 0.25) is 0 Å². The third-order valence-electron chi connectivity index (χ3n) is 4.09. The van der Waals surface area contributed by atoms with Crippen molar-refractivity contribution in [2.24, 2.45) is 4.99 Å². The van der Waals surface area contributed by atoms with Crippen LogP contribution in [-0.2, 0) is 13.1 Å². The topological polar surface area (TPSA) is 39.7 Å². The molecular weight excluding hydrogens is 423 g/mol. The molecule has 2 N–H and O–H groups in total. The maximum Gasteiger partial charge on any atom is 0.191 e. The van der Waals surface area contributed by atoms with E-state index in [1.807, 2.05) is 0 Å². The molecule has 0 heterocycles. The molecule has 0 bridgehead atoms. The summed E-state index contributed by atoms with van der Waals surface area (Å²) in [5.74, 6) is 0.812. The van der Waals surface area contributed by atoms with Crippen LogP contribution < -0.4 is 15.5 Å². The molecule has 0 aliphatic heterocycles. The molecule has 2 aromatic carbocycles. The number of nitrogens with one attached hydrogen (secondary N) is 2. The molecule has 4 nitrogen and oxygen atoms in total. The van der Waals surface area contributed by atoms with Gasteiger partial charge < -0.3 is 15.5 Å². The fourth-order valence-electron chi connectivity index (χ4n) is 2.45. The fraction of sp³-hybridized carbons (Fsp3) is 0.350. The molecule has 0 aliphatic carbocycles. The van der Waals surface area contributed by atoms with E-state index in [9.17, 15) is 0 Å². The lowest BCUT2D eigenvalue weighted by molar-refractivity contribution is 0.806. The van der Waals surface area contributed by atoms with Crippen molar-refractivity contribution >= 4 is 35.6 Å². The summed E-state index contributed by atoms with van der Waals surface area (Å²) < 4.78 is 0. The van der Waals surface area contributed by atoms with E-state index in [0.717, 1.165) is 19.0 Å². The van der Waals surface area contributed by atoms with Gasteiger partial charge in [-0.05, 0) is 42.7 Å². The van der Waals surface area contributed by atoms with Gasteiger partial charge in [-0.1, -0.05) is 35.9 Å². The lowest BCUT2D eigenvalue weighted by Gasteiger charge is -2.16. The van der Waals surface area contributed by atoms with Crippen molar-refractivity contribution in [1.29, 1.82) is 0 Å². The first-order valence-electron chi connectivity index (χ1n) is 8.26. The van der Waals surface area contributed by atoms with Crippen molar-refractivity contribution in [3.05, 3.63) is 64.7 Å². The Labute approximate surface area is 168 Å². The average Bonchev–Trinajstić information content (AvgIpc) is 2.57. The zero-order valence-corrected chi connectivity index (χ0v) is 18.1. The lowest BCUT2D eigenvalue weighted by atomic mass is 10.1. The molecule has 0 aromatic heterocycles. The van der Waals surface area contributed by atoms with E-state index < -0.39 is 0 Å². The van der Waals surface area contributed by atoms with Gasteiger partial charge in [-0.3, -0.25) is 4.99 Å². The molecule has 25 heavy (non-hydrogen) atoms. The van der Waals surface area contributed by atoms with Gasteiger partial charge in [-0.15, -0.1) is 24.0 Å². The van der Waals surface area contributed by atoms with Crippen LogP contribution in [0, 0.1) is 13.8 Å². The first-order valence-corrected chi connectivity index (χ1v) is 8.26. The van der Waals surface area contributed by atoms with Crippen molar-refractivity contribution in [3.63, 3.8) is 0 Å². The molecule has 0 amide bonds. The van der Waals surface area contributed by atoms with Gasteiger partial charge in [0.05, 0.1) is 0 Å². The van der Waals surface area contributed by atoms with Crippen LogP contribution >= 0.6 is 24.0 Å². The number of rotatable bonds is 5. The molecule has 0 fully saturated rings. The molecule has 0 radical (unpaired) electrons. The zero-order chi connectivity index (χ0) is 17.5. The third kappa shape index (κ3) is 6.57. The Morgan fingerprint density at radius 3 is 2.16 bits per heavy atom. The number of anilines is 1. The van der Waals surface area contributed by atoms with E-state index in [1.165, 1.54) is 27.9 Å². The predicted octanol–water partition coefficient (Wildman–Crippen LogP) is 3.85. The van der Waals surface area contributed by atoms with Crippen LogP contribution in [0.25, 0.3) is 0 Å². The van der Waals surface area contributed by atoms with Crippen LogP contribution in [0.3, 0.4) is 0 Å². The minimum absolute atomic E-state index is 0. The molecule has 0 saturated carbocycles. The molecular formula is C20H29IN4. The highest BCUT2D eigenvalue weighted by atomic mass is 127. The highest BCUT2D eigenvalue weighted by Gasteiger charge is 2.03. The summed E-state index contributed by atoms with van der Waals surface area (Å²) in [6.45, 7) is 5.76. The summed E-state index contributed by atoms with van der Waals surface area (Å²) in [5.41, 5.74) is 6.30. The standard InChI is InChI=1S/C20H28N4.HI/c1-15-6-8-17(9-7-15)13-22-20(21-3)23-14-18-10-11-19(24(4)5)12-16(18)2;/h6-12H,13-14H2,1-5H3,(H2,21,22,23);1H. The van der Waals surface area contributed by atoms with Gasteiger partial charge in [-0.25, -0.2) is 0 Å². The number of hydrogen-bond donors (Lipinski definition) is 2. The summed E-state index contributed by atoms with van der Waals surface area (Å²) in [4.78, 5) is 6.41. The third-order valence-corrected chi connectivity index (χ3v) is 4.09. The molecule has 2 rings (SSSR count). The Hall–Kier alpha value is -1.76. The summed E-state index contributed by atoms with van der Waals surface area (Å²) in [5, 5.41) is 6.74. The number of guanidine groups is 1. The first-order chi connectivity index (χ1) is 11.5. The minimum atomic E-state index is 0. The monoisotopic (exact) mass is 452 g/mol. The van der Waals surface area contributed by atoms with Gasteiger partial charge >= 0.3 is 0 Å². The SMILES string of the molecule is CN=C(NCc1ccc(C)cc1)NCc1ccc(N(C)C)cc1C.I. The number of aryl methyl sites for hydroxylation is 2. The van der Waals surface area contributed by atoms with Gasteiger partial charge in [-0.2, -0.15) is 0 Å². The van der Waals surface area contributed by atoms with Crippen LogP contribution in [0.4, 0.5) is 5.69 Å². The van der Waals surface area contributed by atoms with E-state index in [2.05, 4.69) is 90.9 Å². The van der Waals surface area contributed by atoms with E-state index in [0.29, 0.717) is 0 Å². The van der Waals surface area contributed by atoms with Crippen molar-refractivity contribution in [2.45, 2.75) is 26.9 Å². The summed E-state index contributed by atoms with van der Waals surface area (Å²) in [7, 11) is 5.92. The highest BCUT2D eigenvalue weighted by molar-refractivity contribution is 14.0.